The van der Waals surface area contributed by atoms with Crippen molar-refractivity contribution >= 4 is 56.6 Å². The van der Waals surface area contributed by atoms with Crippen LogP contribution < -0.4 is 4.90 Å². The molecule has 5 heteroatoms. The predicted molar refractivity (Wildman–Crippen MR) is 141 cm³/mol. The summed E-state index contributed by atoms with van der Waals surface area (Å²) in [6.07, 6.45) is 8.33. The molecule has 0 aromatic heterocycles. The summed E-state index contributed by atoms with van der Waals surface area (Å²) in [5, 5.41) is 2.62. The Morgan fingerprint density at radius 1 is 0.879 bits per heavy atom. The number of rotatable bonds is 1. The van der Waals surface area contributed by atoms with E-state index >= 15 is 0 Å². The molecule has 0 spiro atoms. The minimum atomic E-state index is -0.826. The van der Waals surface area contributed by atoms with Gasteiger partial charge in [-0.05, 0) is 24.3 Å². The molecule has 1 aliphatic heterocycles. The number of hydrogen-bond acceptors (Lipinski definition) is 2. The van der Waals surface area contributed by atoms with Crippen LogP contribution in [0.1, 0.15) is 18.9 Å². The zero-order valence-corrected chi connectivity index (χ0v) is 23.3. The fourth-order valence-corrected chi connectivity index (χ4v) is 5.10. The summed E-state index contributed by atoms with van der Waals surface area (Å²) in [7, 11) is 9.87. The molecule has 1 heterocycles. The standard InChI is InChI=1S/C22H16NS.C6H7.2ClH.Zr/c1-15-13-16-7-6-10-18(17(16)14-15)23-19-8-2-4-11-21(19)24-22-12-5-3-9-20(22)23;1-6-4-2-3-5-6;;;/h2-14H,1H3;2,4H,3H2,1H3;2*1H;/q2*-1;;;+4/p-2. The second kappa shape index (κ2) is 11.7. The molecule has 0 bridgehead atoms. The second-order valence-electron chi connectivity index (χ2n) is 7.72. The third-order valence-electron chi connectivity index (χ3n) is 5.41. The van der Waals surface area contributed by atoms with Gasteiger partial charge in [-0.1, -0.05) is 55.9 Å². The molecular weight excluding hydrogens is 545 g/mol. The van der Waals surface area contributed by atoms with Gasteiger partial charge in [0.1, 0.15) is 0 Å². The molecule has 164 valence electrons. The van der Waals surface area contributed by atoms with Gasteiger partial charge >= 0.3 is 37.9 Å². The van der Waals surface area contributed by atoms with Gasteiger partial charge in [-0.15, -0.1) is 41.0 Å². The van der Waals surface area contributed by atoms with Crippen LogP contribution in [0.15, 0.2) is 106 Å². The van der Waals surface area contributed by atoms with Gasteiger partial charge in [-0.3, -0.25) is 6.08 Å². The van der Waals surface area contributed by atoms with Crippen molar-refractivity contribution in [3.05, 3.63) is 108 Å². The Morgan fingerprint density at radius 2 is 1.48 bits per heavy atom. The first kappa shape index (κ1) is 24.5. The fourth-order valence-electron chi connectivity index (χ4n) is 4.04. The van der Waals surface area contributed by atoms with E-state index in [1.807, 2.05) is 11.8 Å². The third-order valence-corrected chi connectivity index (χ3v) is 6.54. The summed E-state index contributed by atoms with van der Waals surface area (Å²) >= 11 is 1.02. The van der Waals surface area contributed by atoms with E-state index in [0.29, 0.717) is 0 Å². The van der Waals surface area contributed by atoms with Crippen molar-refractivity contribution in [1.82, 2.24) is 0 Å². The normalized spacial score (nSPS) is 13.1. The van der Waals surface area contributed by atoms with Gasteiger partial charge < -0.3 is 4.90 Å². The molecule has 0 radical (unpaired) electrons. The number of hydrogen-bond donors (Lipinski definition) is 0. The van der Waals surface area contributed by atoms with Gasteiger partial charge in [0.25, 0.3) is 0 Å². The zero-order valence-electron chi connectivity index (χ0n) is 18.5. The Bertz CT molecular complexity index is 1260. The van der Waals surface area contributed by atoms with Crippen LogP contribution >= 0.6 is 28.8 Å². The van der Waals surface area contributed by atoms with E-state index in [9.17, 15) is 0 Å². The van der Waals surface area contributed by atoms with Crippen LogP contribution in [-0.4, -0.2) is 0 Å². The van der Waals surface area contributed by atoms with Crippen LogP contribution in [-0.2, 0) is 20.8 Å². The van der Waals surface area contributed by atoms with E-state index in [-0.39, 0.29) is 0 Å². The van der Waals surface area contributed by atoms with Crippen molar-refractivity contribution in [2.45, 2.75) is 30.1 Å². The van der Waals surface area contributed by atoms with Crippen molar-refractivity contribution in [2.24, 2.45) is 0 Å². The van der Waals surface area contributed by atoms with Crippen molar-refractivity contribution in [3.63, 3.8) is 0 Å². The summed E-state index contributed by atoms with van der Waals surface area (Å²) in [4.78, 5) is 5.01. The molecule has 0 fully saturated rings. The summed E-state index contributed by atoms with van der Waals surface area (Å²) in [6, 6.07) is 28.5. The predicted octanol–water partition coefficient (Wildman–Crippen LogP) is 9.87. The Hall–Kier alpha value is -1.64. The van der Waals surface area contributed by atoms with Crippen LogP contribution in [0.2, 0.25) is 0 Å². The number of nitrogens with zero attached hydrogens (tertiary/aromatic N) is 1. The van der Waals surface area contributed by atoms with Crippen molar-refractivity contribution < 1.29 is 20.8 Å². The maximum absolute atomic E-state index is 4.93. The first-order chi connectivity index (χ1) is 16.1. The van der Waals surface area contributed by atoms with Crippen molar-refractivity contribution in [3.8, 4) is 0 Å². The Morgan fingerprint density at radius 3 is 2.03 bits per heavy atom. The van der Waals surface area contributed by atoms with Gasteiger partial charge in [-0.25, -0.2) is 11.6 Å². The number of allylic oxidation sites excluding steroid dienone is 4. The Labute approximate surface area is 219 Å². The SMILES string of the molecule is CC1=[C-]CC=C1.Cc1cc2c(N3c4ccccc4Sc4ccccc43)cccc2[cH-]1.[Cl][Zr+2][Cl]. The van der Waals surface area contributed by atoms with Crippen LogP contribution in [0.5, 0.6) is 0 Å². The van der Waals surface area contributed by atoms with Crippen LogP contribution in [0.25, 0.3) is 10.8 Å². The maximum atomic E-state index is 4.93. The molecule has 0 atom stereocenters. The Kier molecular flexibility index (Phi) is 8.66. The van der Waals surface area contributed by atoms with E-state index in [0.717, 1.165) is 6.42 Å². The summed E-state index contributed by atoms with van der Waals surface area (Å²) in [6.45, 7) is 4.22. The van der Waals surface area contributed by atoms with Gasteiger partial charge in [0.2, 0.25) is 0 Å². The minimum absolute atomic E-state index is 0.826. The molecule has 1 aliphatic carbocycles. The summed E-state index contributed by atoms with van der Waals surface area (Å²) in [5.74, 6) is 0. The van der Waals surface area contributed by atoms with Crippen LogP contribution in [0.4, 0.5) is 17.1 Å². The van der Waals surface area contributed by atoms with E-state index in [1.165, 1.54) is 48.8 Å². The number of benzene rings is 3. The molecule has 2 aliphatic rings. The van der Waals surface area contributed by atoms with E-state index < -0.39 is 20.8 Å². The van der Waals surface area contributed by atoms with Crippen LogP contribution in [0, 0.1) is 13.0 Å². The molecular formula is C28H23Cl2NSZr. The molecule has 6 rings (SSSR count). The monoisotopic (exact) mass is 565 g/mol. The number of anilines is 3. The number of aryl methyl sites for hydroxylation is 1. The van der Waals surface area contributed by atoms with Crippen molar-refractivity contribution in [1.29, 1.82) is 0 Å². The number of fused-ring (bicyclic) bond motifs is 3. The molecule has 0 unspecified atom stereocenters. The molecule has 4 aromatic rings. The molecule has 0 saturated heterocycles. The molecule has 4 aromatic carbocycles. The average Bonchev–Trinajstić information content (AvgIpc) is 3.46. The van der Waals surface area contributed by atoms with E-state index in [1.54, 1.807) is 0 Å². The molecule has 1 nitrogen and oxygen atoms in total. The van der Waals surface area contributed by atoms with E-state index in [2.05, 4.69) is 116 Å². The third kappa shape index (κ3) is 5.72. The van der Waals surface area contributed by atoms with Crippen molar-refractivity contribution in [2.75, 3.05) is 4.90 Å². The first-order valence-corrected chi connectivity index (χ1v) is 17.8. The van der Waals surface area contributed by atoms with Gasteiger partial charge in [0, 0.05) is 15.5 Å². The van der Waals surface area contributed by atoms with Crippen LogP contribution in [0.3, 0.4) is 0 Å². The topological polar surface area (TPSA) is 3.24 Å². The van der Waals surface area contributed by atoms with Gasteiger partial charge in [-0.2, -0.15) is 12.1 Å². The molecule has 0 saturated carbocycles. The molecule has 33 heavy (non-hydrogen) atoms. The molecule has 0 N–H and O–H groups in total. The van der Waals surface area contributed by atoms with Gasteiger partial charge in [0.15, 0.2) is 0 Å². The Balaban J connectivity index is 0.000000245. The number of para-hydroxylation sites is 2. The fraction of sp³-hybridized carbons (Fsp3) is 0.107. The second-order valence-corrected chi connectivity index (χ2v) is 12.5. The van der Waals surface area contributed by atoms with Gasteiger partial charge in [0.05, 0.1) is 11.4 Å². The first-order valence-electron chi connectivity index (χ1n) is 10.6. The quantitative estimate of drug-likeness (QED) is 0.186. The summed E-state index contributed by atoms with van der Waals surface area (Å²) < 4.78 is 0. The summed E-state index contributed by atoms with van der Waals surface area (Å²) in [5.41, 5.74) is 6.35. The number of halogens is 2. The van der Waals surface area contributed by atoms with E-state index in [4.69, 9.17) is 17.0 Å². The zero-order chi connectivity index (χ0) is 23.2. The molecule has 0 amide bonds. The average molecular weight is 568 g/mol.